The van der Waals surface area contributed by atoms with E-state index in [2.05, 4.69) is 61.6 Å². The van der Waals surface area contributed by atoms with Crippen LogP contribution in [-0.4, -0.2) is 12.5 Å². The summed E-state index contributed by atoms with van der Waals surface area (Å²) in [6.45, 7) is 2.12. The fraction of sp³-hybridized carbons (Fsp3) is 0.158. The van der Waals surface area contributed by atoms with Gasteiger partial charge in [0, 0.05) is 20.2 Å². The molecule has 0 bridgehead atoms. The molecular formula is C19H14S7. The molecule has 3 heterocycles. The van der Waals surface area contributed by atoms with Gasteiger partial charge in [-0.05, 0) is 49.8 Å². The third-order valence-corrected chi connectivity index (χ3v) is 12.7. The molecule has 0 saturated carbocycles. The average molecular weight is 467 g/mol. The maximum Gasteiger partial charge on any atom is 0.0775 e. The molecule has 0 unspecified atom stereocenters. The average Bonchev–Trinajstić information content (AvgIpc) is 3.36. The van der Waals surface area contributed by atoms with E-state index < -0.39 is 0 Å². The fourth-order valence-corrected chi connectivity index (χ4v) is 10.8. The molecule has 0 aliphatic carbocycles. The van der Waals surface area contributed by atoms with Crippen LogP contribution >= 0.6 is 81.9 Å². The highest BCUT2D eigenvalue weighted by atomic mass is 32.3. The molecule has 26 heavy (non-hydrogen) atoms. The van der Waals surface area contributed by atoms with Crippen molar-refractivity contribution in [2.75, 3.05) is 12.5 Å². The van der Waals surface area contributed by atoms with Crippen molar-refractivity contribution in [2.24, 2.45) is 0 Å². The lowest BCUT2D eigenvalue weighted by Gasteiger charge is -2.00. The fourth-order valence-electron chi connectivity index (χ4n) is 2.30. The first-order valence-corrected chi connectivity index (χ1v) is 14.2. The Balaban J connectivity index is 1.54. The normalized spacial score (nSPS) is 16.1. The first-order chi connectivity index (χ1) is 12.7. The van der Waals surface area contributed by atoms with Crippen LogP contribution < -0.4 is 0 Å². The lowest BCUT2D eigenvalue weighted by molar-refractivity contribution is 1.26. The van der Waals surface area contributed by atoms with Crippen molar-refractivity contribution in [3.63, 3.8) is 0 Å². The van der Waals surface area contributed by atoms with Gasteiger partial charge in [-0.3, -0.25) is 0 Å². The molecule has 0 amide bonds. The Morgan fingerprint density at radius 1 is 0.769 bits per heavy atom. The van der Waals surface area contributed by atoms with Crippen molar-refractivity contribution in [2.45, 2.75) is 16.7 Å². The molecule has 2 aliphatic heterocycles. The molecule has 4 rings (SSSR count). The molecule has 2 aromatic rings. The standard InChI is InChI=1S/C19H14S7/c1-11-4-7-13(22-11)8-5-12-6-9-14-15(10-12)24-18(23-14)19-25-16(20-2)17(21-3)26-19/h4,6-7,9-10H,1-3H3. The van der Waals surface area contributed by atoms with E-state index in [-0.39, 0.29) is 0 Å². The Kier molecular flexibility index (Phi) is 6.41. The largest absolute Gasteiger partial charge is 0.132 e. The number of rotatable bonds is 2. The second-order valence-electron chi connectivity index (χ2n) is 5.29. The predicted molar refractivity (Wildman–Crippen MR) is 129 cm³/mol. The van der Waals surface area contributed by atoms with Gasteiger partial charge in [0.25, 0.3) is 0 Å². The minimum atomic E-state index is 1.09. The lowest BCUT2D eigenvalue weighted by Crippen LogP contribution is -1.76. The van der Waals surface area contributed by atoms with E-state index in [9.17, 15) is 0 Å². The Morgan fingerprint density at radius 3 is 2.12 bits per heavy atom. The molecular weight excluding hydrogens is 453 g/mol. The predicted octanol–water partition coefficient (Wildman–Crippen LogP) is 8.11. The summed E-state index contributed by atoms with van der Waals surface area (Å²) in [5, 5.41) is 0. The molecule has 0 N–H and O–H groups in total. The summed E-state index contributed by atoms with van der Waals surface area (Å²) in [5.41, 5.74) is 1.09. The Labute approximate surface area is 184 Å². The third-order valence-electron chi connectivity index (χ3n) is 3.49. The van der Waals surface area contributed by atoms with Crippen LogP contribution in [0.1, 0.15) is 15.3 Å². The van der Waals surface area contributed by atoms with Gasteiger partial charge in [-0.15, -0.1) is 34.9 Å². The van der Waals surface area contributed by atoms with Crippen LogP contribution in [-0.2, 0) is 0 Å². The summed E-state index contributed by atoms with van der Waals surface area (Å²) in [6, 6.07) is 10.8. The van der Waals surface area contributed by atoms with Gasteiger partial charge in [0.15, 0.2) is 0 Å². The molecule has 132 valence electrons. The van der Waals surface area contributed by atoms with Gasteiger partial charge in [0.2, 0.25) is 0 Å². The highest BCUT2D eigenvalue weighted by Crippen LogP contribution is 2.63. The van der Waals surface area contributed by atoms with Gasteiger partial charge in [-0.1, -0.05) is 58.9 Å². The van der Waals surface area contributed by atoms with E-state index in [0.29, 0.717) is 0 Å². The summed E-state index contributed by atoms with van der Waals surface area (Å²) in [7, 11) is 0. The molecule has 0 atom stereocenters. The van der Waals surface area contributed by atoms with Crippen molar-refractivity contribution in [3.05, 3.63) is 62.6 Å². The lowest BCUT2D eigenvalue weighted by atomic mass is 10.2. The number of fused-ring (bicyclic) bond motifs is 1. The minimum Gasteiger partial charge on any atom is -0.132 e. The summed E-state index contributed by atoms with van der Waals surface area (Å²) >= 11 is 13.1. The minimum absolute atomic E-state index is 1.09. The van der Waals surface area contributed by atoms with Crippen LogP contribution in [0.2, 0.25) is 0 Å². The summed E-state index contributed by atoms with van der Waals surface area (Å²) in [6.07, 6.45) is 4.33. The van der Waals surface area contributed by atoms with Crippen LogP contribution in [0.3, 0.4) is 0 Å². The Morgan fingerprint density at radius 2 is 1.46 bits per heavy atom. The number of benzene rings is 1. The van der Waals surface area contributed by atoms with E-state index in [1.807, 2.05) is 70.6 Å². The van der Waals surface area contributed by atoms with Crippen LogP contribution in [0.15, 0.2) is 57.1 Å². The monoisotopic (exact) mass is 466 g/mol. The van der Waals surface area contributed by atoms with Gasteiger partial charge in [0.1, 0.15) is 0 Å². The first-order valence-electron chi connectivity index (χ1n) is 7.66. The number of thiophene rings is 1. The molecule has 2 aliphatic rings. The molecule has 7 heteroatoms. The van der Waals surface area contributed by atoms with Crippen LogP contribution in [0.25, 0.3) is 0 Å². The van der Waals surface area contributed by atoms with Crippen molar-refractivity contribution in [1.82, 2.24) is 0 Å². The van der Waals surface area contributed by atoms with Gasteiger partial charge in [0.05, 0.1) is 21.8 Å². The van der Waals surface area contributed by atoms with Crippen LogP contribution in [0.4, 0.5) is 0 Å². The van der Waals surface area contributed by atoms with Crippen LogP contribution in [0, 0.1) is 18.8 Å². The summed E-state index contributed by atoms with van der Waals surface area (Å²) in [5.74, 6) is 6.60. The van der Waals surface area contributed by atoms with Crippen molar-refractivity contribution >= 4 is 81.9 Å². The zero-order chi connectivity index (χ0) is 18.1. The summed E-state index contributed by atoms with van der Waals surface area (Å²) < 4.78 is 5.69. The molecule has 0 fully saturated rings. The highest BCUT2D eigenvalue weighted by Gasteiger charge is 2.28. The van der Waals surface area contributed by atoms with Gasteiger partial charge < -0.3 is 0 Å². The number of thioether (sulfide) groups is 6. The third kappa shape index (κ3) is 4.22. The second-order valence-corrected chi connectivity index (χ2v) is 13.4. The molecule has 0 spiro atoms. The van der Waals surface area contributed by atoms with E-state index in [0.717, 1.165) is 10.4 Å². The molecule has 0 saturated heterocycles. The zero-order valence-electron chi connectivity index (χ0n) is 14.2. The maximum absolute atomic E-state index is 3.32. The summed E-state index contributed by atoms with van der Waals surface area (Å²) in [4.78, 5) is 5.11. The van der Waals surface area contributed by atoms with Crippen molar-refractivity contribution < 1.29 is 0 Å². The number of hydrogen-bond acceptors (Lipinski definition) is 7. The van der Waals surface area contributed by atoms with Crippen LogP contribution in [0.5, 0.6) is 0 Å². The van der Waals surface area contributed by atoms with E-state index in [1.165, 1.54) is 31.6 Å². The van der Waals surface area contributed by atoms with E-state index >= 15 is 0 Å². The number of hydrogen-bond donors (Lipinski definition) is 0. The SMILES string of the molecule is CSC1=C(SC)SC(=C2Sc3ccc(C#Cc4ccc(C)s4)cc3S2)S1. The first kappa shape index (κ1) is 19.4. The Hall–Kier alpha value is 0.0600. The zero-order valence-corrected chi connectivity index (χ0v) is 20.0. The smallest absolute Gasteiger partial charge is 0.0775 e. The van der Waals surface area contributed by atoms with Crippen molar-refractivity contribution in [1.29, 1.82) is 0 Å². The van der Waals surface area contributed by atoms with E-state index in [4.69, 9.17) is 0 Å². The topological polar surface area (TPSA) is 0 Å². The second kappa shape index (κ2) is 8.60. The maximum atomic E-state index is 3.32. The Bertz CT molecular complexity index is 967. The van der Waals surface area contributed by atoms with Gasteiger partial charge in [-0.2, -0.15) is 0 Å². The van der Waals surface area contributed by atoms with Gasteiger partial charge in [-0.25, -0.2) is 0 Å². The molecule has 0 nitrogen and oxygen atoms in total. The molecule has 1 aromatic carbocycles. The number of aryl methyl sites for hydroxylation is 1. The van der Waals surface area contributed by atoms with E-state index in [1.54, 1.807) is 11.3 Å². The molecule has 0 radical (unpaired) electrons. The quantitative estimate of drug-likeness (QED) is 0.407. The molecule has 1 aromatic heterocycles. The van der Waals surface area contributed by atoms with Crippen molar-refractivity contribution in [3.8, 4) is 11.8 Å². The van der Waals surface area contributed by atoms with Gasteiger partial charge >= 0.3 is 0 Å². The highest BCUT2D eigenvalue weighted by molar-refractivity contribution is 8.41.